The molecule has 0 spiro atoms. The Labute approximate surface area is 172 Å². The molecular weight excluding hydrogens is 397 g/mol. The van der Waals surface area contributed by atoms with E-state index in [4.69, 9.17) is 20.9 Å². The number of benzene rings is 2. The van der Waals surface area contributed by atoms with E-state index in [-0.39, 0.29) is 35.5 Å². The number of halogens is 2. The molecule has 3 aromatic rings. The third-order valence-electron chi connectivity index (χ3n) is 4.70. The highest BCUT2D eigenvalue weighted by molar-refractivity contribution is 6.30. The molecule has 4 rings (SSSR count). The van der Waals surface area contributed by atoms with Crippen molar-refractivity contribution < 1.29 is 18.4 Å². The smallest absolute Gasteiger partial charge is 0.232 e. The predicted molar refractivity (Wildman–Crippen MR) is 107 cm³/mol. The third-order valence-corrected chi connectivity index (χ3v) is 4.94. The minimum atomic E-state index is -0.539. The molecule has 1 aliphatic rings. The summed E-state index contributed by atoms with van der Waals surface area (Å²) in [6, 6.07) is 11.7. The highest BCUT2D eigenvalue weighted by Gasteiger charge is 2.36. The highest BCUT2D eigenvalue weighted by Crippen LogP contribution is 2.34. The molecule has 6 nitrogen and oxygen atoms in total. The number of anilines is 1. The molecule has 2 heterocycles. The van der Waals surface area contributed by atoms with Crippen molar-refractivity contribution in [2.45, 2.75) is 25.7 Å². The lowest BCUT2D eigenvalue weighted by Gasteiger charge is -2.16. The van der Waals surface area contributed by atoms with E-state index in [0.717, 1.165) is 17.7 Å². The second-order valence-electron chi connectivity index (χ2n) is 6.83. The summed E-state index contributed by atoms with van der Waals surface area (Å²) in [7, 11) is 0. The van der Waals surface area contributed by atoms with Crippen LogP contribution in [0.25, 0.3) is 11.4 Å². The number of carbonyl (C=O) groups excluding carboxylic acids is 1. The van der Waals surface area contributed by atoms with E-state index in [9.17, 15) is 9.18 Å². The Morgan fingerprint density at radius 2 is 2.07 bits per heavy atom. The maximum absolute atomic E-state index is 14.2. The van der Waals surface area contributed by atoms with Crippen LogP contribution < -0.4 is 9.64 Å². The van der Waals surface area contributed by atoms with Crippen LogP contribution in [0.1, 0.15) is 31.6 Å². The van der Waals surface area contributed by atoms with Gasteiger partial charge >= 0.3 is 0 Å². The van der Waals surface area contributed by atoms with Gasteiger partial charge in [-0.05, 0) is 48.9 Å². The van der Waals surface area contributed by atoms with Crippen LogP contribution in [0.15, 0.2) is 47.0 Å². The first-order chi connectivity index (χ1) is 14.0. The van der Waals surface area contributed by atoms with E-state index in [1.165, 1.54) is 17.0 Å². The van der Waals surface area contributed by atoms with Gasteiger partial charge < -0.3 is 14.2 Å². The van der Waals surface area contributed by atoms with Crippen molar-refractivity contribution in [2.24, 2.45) is 0 Å². The summed E-state index contributed by atoms with van der Waals surface area (Å²) < 4.78 is 25.2. The van der Waals surface area contributed by atoms with Gasteiger partial charge in [-0.25, -0.2) is 4.39 Å². The summed E-state index contributed by atoms with van der Waals surface area (Å²) >= 11 is 5.80. The first-order valence-corrected chi connectivity index (χ1v) is 9.75. The Balaban J connectivity index is 1.49. The molecule has 1 saturated heterocycles. The summed E-state index contributed by atoms with van der Waals surface area (Å²) in [5.41, 5.74) is 0.984. The van der Waals surface area contributed by atoms with Crippen LogP contribution in [0.4, 0.5) is 10.1 Å². The zero-order valence-electron chi connectivity index (χ0n) is 15.8. The Morgan fingerprint density at radius 3 is 2.79 bits per heavy atom. The van der Waals surface area contributed by atoms with Crippen molar-refractivity contribution in [3.63, 3.8) is 0 Å². The molecule has 1 aromatic heterocycles. The van der Waals surface area contributed by atoms with E-state index < -0.39 is 5.82 Å². The van der Waals surface area contributed by atoms with Crippen molar-refractivity contribution in [1.29, 1.82) is 0 Å². The standard InChI is InChI=1S/C21H19ClFN3O3/c1-2-9-28-16-6-3-13(4-7-16)20-24-21(29-25-20)14-10-19(27)26(12-14)18-8-5-15(22)11-17(18)23/h3-8,11,14H,2,9-10,12H2,1H3. The lowest BCUT2D eigenvalue weighted by Crippen LogP contribution is -2.25. The summed E-state index contributed by atoms with van der Waals surface area (Å²) in [5.74, 6) is 0.533. The van der Waals surface area contributed by atoms with Gasteiger partial charge in [-0.3, -0.25) is 4.79 Å². The minimum Gasteiger partial charge on any atom is -0.494 e. The van der Waals surface area contributed by atoms with Crippen LogP contribution in [0.5, 0.6) is 5.75 Å². The number of hydrogen-bond acceptors (Lipinski definition) is 5. The molecule has 0 bridgehead atoms. The number of carbonyl (C=O) groups is 1. The Bertz CT molecular complexity index is 1020. The van der Waals surface area contributed by atoms with E-state index in [1.54, 1.807) is 6.07 Å². The zero-order chi connectivity index (χ0) is 20.4. The maximum atomic E-state index is 14.2. The first-order valence-electron chi connectivity index (χ1n) is 9.37. The lowest BCUT2D eigenvalue weighted by atomic mass is 10.1. The molecule has 0 radical (unpaired) electrons. The molecule has 150 valence electrons. The molecule has 1 atom stereocenters. The molecule has 8 heteroatoms. The van der Waals surface area contributed by atoms with Gasteiger partial charge in [0.2, 0.25) is 17.6 Å². The number of hydrogen-bond donors (Lipinski definition) is 0. The van der Waals surface area contributed by atoms with Crippen molar-refractivity contribution in [3.05, 3.63) is 59.2 Å². The molecule has 1 fully saturated rings. The predicted octanol–water partition coefficient (Wildman–Crippen LogP) is 4.84. The van der Waals surface area contributed by atoms with Gasteiger partial charge in [0, 0.05) is 23.6 Å². The van der Waals surface area contributed by atoms with E-state index in [1.807, 2.05) is 31.2 Å². The number of rotatable bonds is 6. The third kappa shape index (κ3) is 4.10. The van der Waals surface area contributed by atoms with Gasteiger partial charge in [0.05, 0.1) is 18.2 Å². The van der Waals surface area contributed by atoms with Gasteiger partial charge in [-0.15, -0.1) is 0 Å². The molecule has 1 aliphatic heterocycles. The molecule has 0 saturated carbocycles. The fraction of sp³-hybridized carbons (Fsp3) is 0.286. The number of aromatic nitrogens is 2. The highest BCUT2D eigenvalue weighted by atomic mass is 35.5. The molecule has 1 unspecified atom stereocenters. The topological polar surface area (TPSA) is 68.5 Å². The van der Waals surface area contributed by atoms with Crippen molar-refractivity contribution in [3.8, 4) is 17.1 Å². The summed E-state index contributed by atoms with van der Waals surface area (Å²) in [6.07, 6.45) is 1.11. The van der Waals surface area contributed by atoms with E-state index in [0.29, 0.717) is 18.3 Å². The number of nitrogens with zero attached hydrogens (tertiary/aromatic N) is 3. The summed E-state index contributed by atoms with van der Waals surface area (Å²) in [6.45, 7) is 2.97. The monoisotopic (exact) mass is 415 g/mol. The second-order valence-corrected chi connectivity index (χ2v) is 7.27. The van der Waals surface area contributed by atoms with Crippen molar-refractivity contribution >= 4 is 23.2 Å². The van der Waals surface area contributed by atoms with Gasteiger partial charge in [0.15, 0.2) is 0 Å². The average molecular weight is 416 g/mol. The minimum absolute atomic E-state index is 0.174. The van der Waals surface area contributed by atoms with Gasteiger partial charge in [0.25, 0.3) is 0 Å². The SMILES string of the molecule is CCCOc1ccc(-c2noc(C3CC(=O)N(c4ccc(Cl)cc4F)C3)n2)cc1. The molecule has 1 amide bonds. The molecular formula is C21H19ClFN3O3. The van der Waals surface area contributed by atoms with Crippen molar-refractivity contribution in [1.82, 2.24) is 10.1 Å². The van der Waals surface area contributed by atoms with E-state index in [2.05, 4.69) is 10.1 Å². The maximum Gasteiger partial charge on any atom is 0.232 e. The molecule has 29 heavy (non-hydrogen) atoms. The first kappa shape index (κ1) is 19.4. The van der Waals surface area contributed by atoms with Crippen molar-refractivity contribution in [2.75, 3.05) is 18.1 Å². The van der Waals surface area contributed by atoms with Crippen LogP contribution in [-0.2, 0) is 4.79 Å². The van der Waals surface area contributed by atoms with Gasteiger partial charge in [-0.2, -0.15) is 4.98 Å². The second kappa shape index (κ2) is 8.21. The number of amides is 1. The Hall–Kier alpha value is -2.93. The lowest BCUT2D eigenvalue weighted by molar-refractivity contribution is -0.117. The fourth-order valence-corrected chi connectivity index (χ4v) is 3.40. The Morgan fingerprint density at radius 1 is 1.28 bits per heavy atom. The van der Waals surface area contributed by atoms with Gasteiger partial charge in [-0.1, -0.05) is 23.7 Å². The quantitative estimate of drug-likeness (QED) is 0.576. The normalized spacial score (nSPS) is 16.4. The van der Waals surface area contributed by atoms with Gasteiger partial charge in [0.1, 0.15) is 11.6 Å². The molecule has 2 aromatic carbocycles. The summed E-state index contributed by atoms with van der Waals surface area (Å²) in [5, 5.41) is 4.31. The average Bonchev–Trinajstić information content (AvgIpc) is 3.34. The molecule has 0 aliphatic carbocycles. The number of ether oxygens (including phenoxy) is 1. The zero-order valence-corrected chi connectivity index (χ0v) is 16.5. The largest absolute Gasteiger partial charge is 0.494 e. The van der Waals surface area contributed by atoms with Crippen LogP contribution in [-0.4, -0.2) is 29.2 Å². The van der Waals surface area contributed by atoms with Crippen LogP contribution in [0.2, 0.25) is 5.02 Å². The van der Waals surface area contributed by atoms with Crippen LogP contribution in [0.3, 0.4) is 0 Å². The van der Waals surface area contributed by atoms with Crippen LogP contribution >= 0.6 is 11.6 Å². The fourth-order valence-electron chi connectivity index (χ4n) is 3.24. The van der Waals surface area contributed by atoms with Crippen LogP contribution in [0, 0.1) is 5.82 Å². The molecule has 0 N–H and O–H groups in total. The summed E-state index contributed by atoms with van der Waals surface area (Å²) in [4.78, 5) is 18.2. The van der Waals surface area contributed by atoms with E-state index >= 15 is 0 Å². The Kier molecular flexibility index (Phi) is 5.49.